The fraction of sp³-hybridized carbons (Fsp3) is 0.560. The number of aromatic nitrogens is 4. The molecule has 2 aromatic heterocycles. The molecule has 6 atom stereocenters. The highest BCUT2D eigenvalue weighted by molar-refractivity contribution is 5.87. The van der Waals surface area contributed by atoms with E-state index in [0.717, 1.165) is 59.8 Å². The molecule has 4 aliphatic rings. The number of alkyl carbamates (subject to hydrolysis) is 2. The van der Waals surface area contributed by atoms with Gasteiger partial charge >= 0.3 is 12.2 Å². The summed E-state index contributed by atoms with van der Waals surface area (Å²) in [4.78, 5) is 72.9. The zero-order valence-electron chi connectivity index (χ0n) is 38.8. The van der Waals surface area contributed by atoms with Crippen LogP contribution in [0.25, 0.3) is 33.6 Å². The third kappa shape index (κ3) is 8.89. The smallest absolute Gasteiger partial charge is 0.407 e. The van der Waals surface area contributed by atoms with Crippen LogP contribution >= 0.6 is 0 Å². The van der Waals surface area contributed by atoms with Crippen LogP contribution in [0.2, 0.25) is 0 Å². The quantitative estimate of drug-likeness (QED) is 0.116. The molecule has 1 spiro atoms. The van der Waals surface area contributed by atoms with Crippen molar-refractivity contribution >= 4 is 24.0 Å². The number of ether oxygens (including phenoxy) is 2. The van der Waals surface area contributed by atoms with Crippen LogP contribution in [0.5, 0.6) is 0 Å². The van der Waals surface area contributed by atoms with E-state index in [1.807, 2.05) is 49.9 Å². The zero-order valence-corrected chi connectivity index (χ0v) is 38.8. The molecule has 4 heterocycles. The van der Waals surface area contributed by atoms with Crippen molar-refractivity contribution in [2.45, 2.75) is 123 Å². The Kier molecular flexibility index (Phi) is 12.9. The molecule has 3 fully saturated rings. The van der Waals surface area contributed by atoms with Gasteiger partial charge in [-0.3, -0.25) is 9.59 Å². The van der Waals surface area contributed by atoms with Gasteiger partial charge in [-0.05, 0) is 95.4 Å². The van der Waals surface area contributed by atoms with Crippen LogP contribution in [0.15, 0.2) is 48.8 Å². The van der Waals surface area contributed by atoms with Crippen molar-refractivity contribution in [1.82, 2.24) is 40.4 Å². The molecule has 2 aromatic carbocycles. The number of aromatic amines is 2. The second-order valence-electron chi connectivity index (χ2n) is 19.9. The van der Waals surface area contributed by atoms with E-state index in [1.165, 1.54) is 68.6 Å². The van der Waals surface area contributed by atoms with Gasteiger partial charge in [0.1, 0.15) is 23.7 Å². The van der Waals surface area contributed by atoms with Crippen LogP contribution in [0, 0.1) is 29.1 Å². The van der Waals surface area contributed by atoms with Crippen molar-refractivity contribution in [3.63, 3.8) is 0 Å². The highest BCUT2D eigenvalue weighted by Crippen LogP contribution is 2.52. The van der Waals surface area contributed by atoms with Crippen molar-refractivity contribution in [2.24, 2.45) is 29.1 Å². The number of benzene rings is 2. The fourth-order valence-electron chi connectivity index (χ4n) is 11.1. The van der Waals surface area contributed by atoms with Gasteiger partial charge in [-0.15, -0.1) is 0 Å². The highest BCUT2D eigenvalue weighted by atomic mass is 16.5. The first kappa shape index (κ1) is 44.9. The SMILES string of the molecule is COC(=O)NC(C(=O)N1C[C@@H](C)C[C@H]1c1ncc(-c2ccc(-c3ccc(-c4cnc([C@@H]5C[C@H](C)CN5C(=O)[C@@H](NC(=O)OC)C(C)C)[nH]4)c4c3CC3(CCCCC3)C4)cc2)[nH]1)C(C)C. The lowest BCUT2D eigenvalue weighted by Crippen LogP contribution is -2.51. The number of rotatable bonds is 11. The van der Waals surface area contributed by atoms with E-state index in [-0.39, 0.29) is 53.0 Å². The van der Waals surface area contributed by atoms with Gasteiger partial charge in [0.05, 0.1) is 50.1 Å². The van der Waals surface area contributed by atoms with Crippen LogP contribution in [0.1, 0.15) is 121 Å². The number of nitrogens with zero attached hydrogens (tertiary/aromatic N) is 4. The first-order valence-electron chi connectivity index (χ1n) is 23.3. The second kappa shape index (κ2) is 18.4. The van der Waals surface area contributed by atoms with E-state index in [2.05, 4.69) is 70.8 Å². The molecule has 2 aliphatic heterocycles. The number of carbonyl (C=O) groups excluding carboxylic acids is 4. The van der Waals surface area contributed by atoms with Gasteiger partial charge in [-0.2, -0.15) is 0 Å². The molecule has 14 nitrogen and oxygen atoms in total. The molecule has 2 saturated heterocycles. The Morgan fingerprint density at radius 2 is 1.11 bits per heavy atom. The van der Waals surface area contributed by atoms with Gasteiger partial charge in [0, 0.05) is 18.7 Å². The van der Waals surface area contributed by atoms with E-state index in [4.69, 9.17) is 19.4 Å². The predicted octanol–water partition coefficient (Wildman–Crippen LogP) is 8.76. The Morgan fingerprint density at radius 3 is 1.61 bits per heavy atom. The van der Waals surface area contributed by atoms with Gasteiger partial charge in [-0.25, -0.2) is 19.6 Å². The Balaban J connectivity index is 1.05. The third-order valence-corrected chi connectivity index (χ3v) is 14.4. The van der Waals surface area contributed by atoms with Crippen LogP contribution in [0.4, 0.5) is 9.59 Å². The van der Waals surface area contributed by atoms with Gasteiger partial charge in [-0.1, -0.05) is 97.2 Å². The maximum atomic E-state index is 14.0. The molecule has 64 heavy (non-hydrogen) atoms. The first-order chi connectivity index (χ1) is 30.7. The average molecular weight is 875 g/mol. The van der Waals surface area contributed by atoms with E-state index in [9.17, 15) is 19.2 Å². The normalized spacial score (nSPS) is 22.5. The lowest BCUT2D eigenvalue weighted by atomic mass is 9.72. The molecule has 4 amide bonds. The highest BCUT2D eigenvalue weighted by Gasteiger charge is 2.43. The van der Waals surface area contributed by atoms with Crippen molar-refractivity contribution in [2.75, 3.05) is 27.3 Å². The molecule has 342 valence electrons. The van der Waals surface area contributed by atoms with E-state index in [0.29, 0.717) is 13.1 Å². The largest absolute Gasteiger partial charge is 0.453 e. The van der Waals surface area contributed by atoms with Gasteiger partial charge in [0.15, 0.2) is 0 Å². The maximum Gasteiger partial charge on any atom is 0.407 e. The molecular weight excluding hydrogens is 809 g/mol. The van der Waals surface area contributed by atoms with Crippen LogP contribution in [-0.2, 0) is 31.9 Å². The van der Waals surface area contributed by atoms with E-state index < -0.39 is 24.3 Å². The summed E-state index contributed by atoms with van der Waals surface area (Å²) in [5.74, 6) is 1.59. The van der Waals surface area contributed by atoms with Crippen LogP contribution < -0.4 is 10.6 Å². The Bertz CT molecular complexity index is 2340. The number of hydrogen-bond donors (Lipinski definition) is 4. The average Bonchev–Trinajstić information content (AvgIpc) is 4.14. The Hall–Kier alpha value is -5.66. The molecule has 1 unspecified atom stereocenters. The van der Waals surface area contributed by atoms with Crippen molar-refractivity contribution < 1.29 is 28.7 Å². The number of H-pyrrole nitrogens is 2. The Morgan fingerprint density at radius 1 is 0.656 bits per heavy atom. The van der Waals surface area contributed by atoms with Gasteiger partial charge < -0.3 is 39.9 Å². The number of nitrogens with one attached hydrogen (secondary N) is 4. The number of fused-ring (bicyclic) bond motifs is 1. The number of imidazole rings is 2. The Labute approximate surface area is 377 Å². The molecule has 0 radical (unpaired) electrons. The summed E-state index contributed by atoms with van der Waals surface area (Å²) >= 11 is 0. The topological polar surface area (TPSA) is 175 Å². The fourth-order valence-corrected chi connectivity index (χ4v) is 11.1. The number of likely N-dealkylation sites (tertiary alicyclic amines) is 2. The predicted molar refractivity (Wildman–Crippen MR) is 245 cm³/mol. The van der Waals surface area contributed by atoms with Crippen molar-refractivity contribution in [1.29, 1.82) is 0 Å². The summed E-state index contributed by atoms with van der Waals surface area (Å²) in [6.07, 6.45) is 12.5. The zero-order chi connectivity index (χ0) is 45.4. The number of amides is 4. The summed E-state index contributed by atoms with van der Waals surface area (Å²) in [5, 5.41) is 5.50. The summed E-state index contributed by atoms with van der Waals surface area (Å²) in [5.41, 5.74) is 9.50. The molecule has 1 saturated carbocycles. The maximum absolute atomic E-state index is 14.0. The first-order valence-corrected chi connectivity index (χ1v) is 23.3. The van der Waals surface area contributed by atoms with Crippen molar-refractivity contribution in [3.05, 3.63) is 71.6 Å². The molecule has 2 aliphatic carbocycles. The third-order valence-electron chi connectivity index (χ3n) is 14.4. The number of carbonyl (C=O) groups is 4. The molecule has 0 bridgehead atoms. The van der Waals surface area contributed by atoms with Crippen LogP contribution in [-0.4, -0.2) is 93.1 Å². The van der Waals surface area contributed by atoms with E-state index in [1.54, 1.807) is 0 Å². The standard InChI is InChI=1S/C50H66N8O6/c1-28(2)42(55-48(61)63-7)46(59)57-26-30(5)20-40(57)44-51-24-38(53-44)33-14-12-32(13-15-33)34-16-17-35(37-23-50(22-36(34)37)18-10-9-11-19-50)39-25-52-45(54-39)41-21-31(6)27-58(41)47(60)43(29(3)4)56-49(62)64-8/h12-17,24-25,28-31,40-43H,9-11,18-23,26-27H2,1-8H3,(H,51,53)(H,52,54)(H,55,61)(H,56,62)/t30-,31-,40-,41-,42?,43-/m0/s1. The lowest BCUT2D eigenvalue weighted by molar-refractivity contribution is -0.136. The molecule has 8 rings (SSSR count). The minimum absolute atomic E-state index is 0.114. The summed E-state index contributed by atoms with van der Waals surface area (Å²) < 4.78 is 9.67. The minimum atomic E-state index is -0.700. The minimum Gasteiger partial charge on any atom is -0.453 e. The monoisotopic (exact) mass is 875 g/mol. The molecule has 14 heteroatoms. The molecule has 4 aromatic rings. The summed E-state index contributed by atoms with van der Waals surface area (Å²) in [7, 11) is 2.61. The van der Waals surface area contributed by atoms with E-state index >= 15 is 0 Å². The second-order valence-corrected chi connectivity index (χ2v) is 19.9. The molecule has 4 N–H and O–H groups in total. The van der Waals surface area contributed by atoms with Gasteiger partial charge in [0.25, 0.3) is 0 Å². The van der Waals surface area contributed by atoms with Gasteiger partial charge in [0.2, 0.25) is 11.8 Å². The molecular formula is C50H66N8O6. The number of methoxy groups -OCH3 is 2. The lowest BCUT2D eigenvalue weighted by Gasteiger charge is -2.33. The van der Waals surface area contributed by atoms with Crippen molar-refractivity contribution in [3.8, 4) is 33.6 Å². The number of hydrogen-bond acceptors (Lipinski definition) is 8. The summed E-state index contributed by atoms with van der Waals surface area (Å²) in [6.45, 7) is 13.2. The summed E-state index contributed by atoms with van der Waals surface area (Å²) in [6, 6.07) is 11.4. The van der Waals surface area contributed by atoms with Crippen LogP contribution in [0.3, 0.4) is 0 Å².